The van der Waals surface area contributed by atoms with Gasteiger partial charge in [0.1, 0.15) is 6.42 Å². The van der Waals surface area contributed by atoms with Crippen molar-refractivity contribution in [3.8, 4) is 6.07 Å². The molecule has 0 fully saturated rings. The summed E-state index contributed by atoms with van der Waals surface area (Å²) in [6, 6.07) is 8.24. The largest absolute Gasteiger partial charge is 0.352 e. The lowest BCUT2D eigenvalue weighted by atomic mass is 10.2. The molecule has 0 aromatic heterocycles. The molecule has 5 nitrogen and oxygen atoms in total. The SMILES string of the molecule is CCNC(=O)c1ccc(NC(=O)CC#N)cc1. The number of nitriles is 1. The number of anilines is 1. The Morgan fingerprint density at radius 3 is 2.47 bits per heavy atom. The van der Waals surface area contributed by atoms with E-state index in [2.05, 4.69) is 10.6 Å². The van der Waals surface area contributed by atoms with Gasteiger partial charge in [-0.15, -0.1) is 0 Å². The zero-order valence-corrected chi connectivity index (χ0v) is 9.49. The van der Waals surface area contributed by atoms with Gasteiger partial charge in [0.25, 0.3) is 5.91 Å². The molecule has 1 aromatic carbocycles. The number of carbonyl (C=O) groups excluding carboxylic acids is 2. The van der Waals surface area contributed by atoms with Gasteiger partial charge in [-0.2, -0.15) is 5.26 Å². The highest BCUT2D eigenvalue weighted by atomic mass is 16.2. The molecule has 0 spiro atoms. The van der Waals surface area contributed by atoms with Crippen LogP contribution in [-0.4, -0.2) is 18.4 Å². The molecule has 0 aliphatic carbocycles. The zero-order chi connectivity index (χ0) is 12.7. The van der Waals surface area contributed by atoms with Gasteiger partial charge in [0.15, 0.2) is 0 Å². The summed E-state index contributed by atoms with van der Waals surface area (Å²) in [5, 5.41) is 13.5. The molecule has 88 valence electrons. The van der Waals surface area contributed by atoms with E-state index in [1.165, 1.54) is 0 Å². The summed E-state index contributed by atoms with van der Waals surface area (Å²) in [5.74, 6) is -0.513. The Bertz CT molecular complexity index is 446. The van der Waals surface area contributed by atoms with Crippen LogP contribution < -0.4 is 10.6 Å². The minimum atomic E-state index is -0.363. The molecular formula is C12H13N3O2. The maximum Gasteiger partial charge on any atom is 0.251 e. The van der Waals surface area contributed by atoms with E-state index >= 15 is 0 Å². The van der Waals surface area contributed by atoms with Gasteiger partial charge in [-0.05, 0) is 31.2 Å². The molecule has 0 saturated heterocycles. The fraction of sp³-hybridized carbons (Fsp3) is 0.250. The second-order valence-corrected chi connectivity index (χ2v) is 3.32. The molecule has 0 aliphatic rings. The van der Waals surface area contributed by atoms with Gasteiger partial charge in [-0.1, -0.05) is 0 Å². The van der Waals surface area contributed by atoms with E-state index in [0.29, 0.717) is 17.8 Å². The highest BCUT2D eigenvalue weighted by Crippen LogP contribution is 2.09. The molecule has 0 aliphatic heterocycles. The van der Waals surface area contributed by atoms with Crippen molar-refractivity contribution in [2.75, 3.05) is 11.9 Å². The van der Waals surface area contributed by atoms with Crippen LogP contribution in [0.15, 0.2) is 24.3 Å². The predicted molar refractivity (Wildman–Crippen MR) is 63.3 cm³/mol. The smallest absolute Gasteiger partial charge is 0.251 e. The fourth-order valence-corrected chi connectivity index (χ4v) is 1.24. The van der Waals surface area contributed by atoms with Gasteiger partial charge in [0.05, 0.1) is 6.07 Å². The normalized spacial score (nSPS) is 9.18. The lowest BCUT2D eigenvalue weighted by Gasteiger charge is -2.05. The maximum atomic E-state index is 11.4. The molecule has 0 radical (unpaired) electrons. The minimum Gasteiger partial charge on any atom is -0.352 e. The van der Waals surface area contributed by atoms with Gasteiger partial charge in [-0.25, -0.2) is 0 Å². The highest BCUT2D eigenvalue weighted by molar-refractivity contribution is 5.96. The van der Waals surface area contributed by atoms with Crippen LogP contribution in [0, 0.1) is 11.3 Å². The second-order valence-electron chi connectivity index (χ2n) is 3.32. The lowest BCUT2D eigenvalue weighted by Crippen LogP contribution is -2.22. The Kier molecular flexibility index (Phi) is 4.70. The third-order valence-corrected chi connectivity index (χ3v) is 2.01. The predicted octanol–water partition coefficient (Wildman–Crippen LogP) is 1.29. The number of benzene rings is 1. The summed E-state index contributed by atoms with van der Waals surface area (Å²) in [4.78, 5) is 22.6. The monoisotopic (exact) mass is 231 g/mol. The second kappa shape index (κ2) is 6.28. The number of nitrogens with one attached hydrogen (secondary N) is 2. The zero-order valence-electron chi connectivity index (χ0n) is 9.49. The fourth-order valence-electron chi connectivity index (χ4n) is 1.24. The van der Waals surface area contributed by atoms with Crippen LogP contribution in [0.5, 0.6) is 0 Å². The summed E-state index contributed by atoms with van der Waals surface area (Å²) < 4.78 is 0. The van der Waals surface area contributed by atoms with E-state index in [1.54, 1.807) is 30.3 Å². The summed E-state index contributed by atoms with van der Waals surface area (Å²) >= 11 is 0. The molecule has 5 heteroatoms. The minimum absolute atomic E-state index is 0.151. The summed E-state index contributed by atoms with van der Waals surface area (Å²) in [6.07, 6.45) is -0.182. The van der Waals surface area contributed by atoms with E-state index in [0.717, 1.165) is 0 Å². The average Bonchev–Trinajstić information content (AvgIpc) is 2.30. The van der Waals surface area contributed by atoms with E-state index < -0.39 is 0 Å². The van der Waals surface area contributed by atoms with Crippen molar-refractivity contribution in [2.24, 2.45) is 0 Å². The standard InChI is InChI=1S/C12H13N3O2/c1-2-14-12(17)9-3-5-10(6-4-9)15-11(16)7-8-13/h3-6H,2,7H2,1H3,(H,14,17)(H,15,16). The highest BCUT2D eigenvalue weighted by Gasteiger charge is 2.05. The van der Waals surface area contributed by atoms with Gasteiger partial charge in [0.2, 0.25) is 5.91 Å². The quantitative estimate of drug-likeness (QED) is 0.819. The van der Waals surface area contributed by atoms with E-state index in [-0.39, 0.29) is 18.2 Å². The van der Waals surface area contributed by atoms with Crippen molar-refractivity contribution in [3.05, 3.63) is 29.8 Å². The molecule has 2 N–H and O–H groups in total. The summed E-state index contributed by atoms with van der Waals surface area (Å²) in [5.41, 5.74) is 1.10. The van der Waals surface area contributed by atoms with Crippen LogP contribution in [-0.2, 0) is 4.79 Å². The first-order valence-corrected chi connectivity index (χ1v) is 5.22. The van der Waals surface area contributed by atoms with Crippen LogP contribution in [0.1, 0.15) is 23.7 Å². The number of carbonyl (C=O) groups is 2. The summed E-state index contributed by atoms with van der Waals surface area (Å²) in [7, 11) is 0. The van der Waals surface area contributed by atoms with E-state index in [1.807, 2.05) is 6.92 Å². The number of rotatable bonds is 4. The molecule has 0 bridgehead atoms. The molecule has 0 atom stereocenters. The third-order valence-electron chi connectivity index (χ3n) is 2.01. The number of hydrogen-bond acceptors (Lipinski definition) is 3. The lowest BCUT2D eigenvalue weighted by molar-refractivity contribution is -0.115. The van der Waals surface area contributed by atoms with Crippen molar-refractivity contribution in [2.45, 2.75) is 13.3 Å². The molecule has 0 unspecified atom stereocenters. The van der Waals surface area contributed by atoms with Crippen molar-refractivity contribution >= 4 is 17.5 Å². The molecule has 2 amide bonds. The summed E-state index contributed by atoms with van der Waals surface area (Å²) in [6.45, 7) is 2.41. The molecule has 1 aromatic rings. The van der Waals surface area contributed by atoms with Crippen molar-refractivity contribution < 1.29 is 9.59 Å². The van der Waals surface area contributed by atoms with Crippen LogP contribution in [0.25, 0.3) is 0 Å². The van der Waals surface area contributed by atoms with Crippen molar-refractivity contribution in [1.29, 1.82) is 5.26 Å². The number of amides is 2. The van der Waals surface area contributed by atoms with Crippen molar-refractivity contribution in [3.63, 3.8) is 0 Å². The van der Waals surface area contributed by atoms with Crippen molar-refractivity contribution in [1.82, 2.24) is 5.32 Å². The van der Waals surface area contributed by atoms with Gasteiger partial charge in [-0.3, -0.25) is 9.59 Å². The Balaban J connectivity index is 2.65. The average molecular weight is 231 g/mol. The van der Waals surface area contributed by atoms with Gasteiger partial charge in [0, 0.05) is 17.8 Å². The molecule has 0 heterocycles. The van der Waals surface area contributed by atoms with E-state index in [9.17, 15) is 9.59 Å². The van der Waals surface area contributed by atoms with Crippen LogP contribution in [0.3, 0.4) is 0 Å². The third kappa shape index (κ3) is 3.95. The molecular weight excluding hydrogens is 218 g/mol. The van der Waals surface area contributed by atoms with Crippen LogP contribution >= 0.6 is 0 Å². The molecule has 1 rings (SSSR count). The Labute approximate surface area is 99.4 Å². The van der Waals surface area contributed by atoms with Crippen LogP contribution in [0.4, 0.5) is 5.69 Å². The van der Waals surface area contributed by atoms with Gasteiger partial charge < -0.3 is 10.6 Å². The number of hydrogen-bond donors (Lipinski definition) is 2. The van der Waals surface area contributed by atoms with Gasteiger partial charge >= 0.3 is 0 Å². The topological polar surface area (TPSA) is 82.0 Å². The Morgan fingerprint density at radius 2 is 1.94 bits per heavy atom. The molecule has 17 heavy (non-hydrogen) atoms. The Morgan fingerprint density at radius 1 is 1.29 bits per heavy atom. The van der Waals surface area contributed by atoms with E-state index in [4.69, 9.17) is 5.26 Å². The molecule has 0 saturated carbocycles. The Hall–Kier alpha value is -2.35. The first-order valence-electron chi connectivity index (χ1n) is 5.22. The first kappa shape index (κ1) is 12.7. The first-order chi connectivity index (χ1) is 8.17. The maximum absolute atomic E-state index is 11.4. The number of nitrogens with zero attached hydrogens (tertiary/aromatic N) is 1. The van der Waals surface area contributed by atoms with Crippen LogP contribution in [0.2, 0.25) is 0 Å².